The fourth-order valence-corrected chi connectivity index (χ4v) is 4.95. The minimum absolute atomic E-state index is 0.0197. The highest BCUT2D eigenvalue weighted by Crippen LogP contribution is 2.30. The third kappa shape index (κ3) is 7.27. The van der Waals surface area contributed by atoms with Crippen LogP contribution in [0.4, 0.5) is 0 Å². The first-order valence-corrected chi connectivity index (χ1v) is 13.2. The summed E-state index contributed by atoms with van der Waals surface area (Å²) >= 11 is 0. The van der Waals surface area contributed by atoms with Crippen molar-refractivity contribution in [3.63, 3.8) is 0 Å². The van der Waals surface area contributed by atoms with Gasteiger partial charge >= 0.3 is 0 Å². The lowest BCUT2D eigenvalue weighted by Crippen LogP contribution is -2.38. The lowest BCUT2D eigenvalue weighted by molar-refractivity contribution is -0.0274. The first-order valence-electron chi connectivity index (χ1n) is 13.2. The van der Waals surface area contributed by atoms with Gasteiger partial charge in [0.25, 0.3) is 0 Å². The van der Waals surface area contributed by atoms with Crippen molar-refractivity contribution in [2.45, 2.75) is 70.2 Å². The number of benzene rings is 3. The molecule has 186 valence electrons. The van der Waals surface area contributed by atoms with Crippen molar-refractivity contribution < 1.29 is 9.84 Å². The van der Waals surface area contributed by atoms with Gasteiger partial charge in [0, 0.05) is 13.1 Å². The Morgan fingerprint density at radius 1 is 0.800 bits per heavy atom. The van der Waals surface area contributed by atoms with E-state index in [9.17, 15) is 5.11 Å². The minimum Gasteiger partial charge on any atom is -0.388 e. The summed E-state index contributed by atoms with van der Waals surface area (Å²) in [7, 11) is 0. The number of aliphatic hydroxyl groups is 1. The second-order valence-electron chi connectivity index (χ2n) is 10.9. The smallest absolute Gasteiger partial charge is 0.108 e. The third-order valence-corrected chi connectivity index (χ3v) is 7.18. The molecule has 1 aliphatic rings. The van der Waals surface area contributed by atoms with Gasteiger partial charge in [-0.2, -0.15) is 0 Å². The highest BCUT2D eigenvalue weighted by atomic mass is 16.5. The normalized spacial score (nSPS) is 16.5. The van der Waals surface area contributed by atoms with Crippen LogP contribution in [0, 0.1) is 0 Å². The number of hydrogen-bond donors (Lipinski definition) is 1. The van der Waals surface area contributed by atoms with E-state index in [1.165, 1.54) is 16.7 Å². The van der Waals surface area contributed by atoms with Crippen LogP contribution >= 0.6 is 0 Å². The Morgan fingerprint density at radius 2 is 1.34 bits per heavy atom. The van der Waals surface area contributed by atoms with E-state index in [0.717, 1.165) is 50.9 Å². The van der Waals surface area contributed by atoms with Gasteiger partial charge in [-0.1, -0.05) is 106 Å². The second-order valence-corrected chi connectivity index (χ2v) is 10.9. The van der Waals surface area contributed by atoms with E-state index in [-0.39, 0.29) is 23.7 Å². The molecule has 0 amide bonds. The Labute approximate surface area is 211 Å². The highest BCUT2D eigenvalue weighted by molar-refractivity contribution is 5.30. The molecule has 0 saturated carbocycles. The number of aliphatic hydroxyl groups excluding tert-OH is 1. The summed E-state index contributed by atoms with van der Waals surface area (Å²) < 4.78 is 6.68. The molecule has 0 unspecified atom stereocenters. The lowest BCUT2D eigenvalue weighted by atomic mass is 9.86. The maximum atomic E-state index is 10.7. The zero-order valence-corrected chi connectivity index (χ0v) is 21.6. The average molecular weight is 472 g/mol. The van der Waals surface area contributed by atoms with Crippen molar-refractivity contribution in [1.29, 1.82) is 0 Å². The van der Waals surface area contributed by atoms with Crippen LogP contribution in [-0.2, 0) is 10.2 Å². The fourth-order valence-electron chi connectivity index (χ4n) is 4.95. The highest BCUT2D eigenvalue weighted by Gasteiger charge is 2.25. The molecule has 0 radical (unpaired) electrons. The van der Waals surface area contributed by atoms with E-state index in [0.29, 0.717) is 0 Å². The van der Waals surface area contributed by atoms with Gasteiger partial charge in [0.15, 0.2) is 0 Å². The molecular formula is C32H41NO2. The minimum atomic E-state index is -0.387. The molecule has 0 aromatic heterocycles. The van der Waals surface area contributed by atoms with Crippen LogP contribution in [0.1, 0.15) is 80.9 Å². The van der Waals surface area contributed by atoms with E-state index in [1.807, 2.05) is 0 Å². The van der Waals surface area contributed by atoms with Crippen LogP contribution in [0.5, 0.6) is 0 Å². The van der Waals surface area contributed by atoms with Crippen molar-refractivity contribution in [1.82, 2.24) is 4.90 Å². The number of nitrogens with zero attached hydrogens (tertiary/aromatic N) is 1. The van der Waals surface area contributed by atoms with E-state index in [2.05, 4.69) is 111 Å². The zero-order valence-electron chi connectivity index (χ0n) is 21.6. The van der Waals surface area contributed by atoms with E-state index >= 15 is 0 Å². The molecule has 3 heteroatoms. The third-order valence-electron chi connectivity index (χ3n) is 7.18. The first-order chi connectivity index (χ1) is 16.9. The largest absolute Gasteiger partial charge is 0.388 e. The molecule has 4 rings (SSSR count). The SMILES string of the molecule is CC(C)(C)c1ccc([C@H](O)CCCN2CCC(OC(c3ccccc3)c3ccccc3)CC2)cc1. The summed E-state index contributed by atoms with van der Waals surface area (Å²) in [6.07, 6.45) is 3.76. The monoisotopic (exact) mass is 471 g/mol. The van der Waals surface area contributed by atoms with Crippen LogP contribution in [0.2, 0.25) is 0 Å². The number of rotatable bonds is 9. The first kappa shape index (κ1) is 25.6. The molecule has 1 heterocycles. The Hall–Kier alpha value is -2.46. The van der Waals surface area contributed by atoms with Crippen molar-refractivity contribution in [3.05, 3.63) is 107 Å². The van der Waals surface area contributed by atoms with Crippen LogP contribution < -0.4 is 0 Å². The molecule has 35 heavy (non-hydrogen) atoms. The van der Waals surface area contributed by atoms with E-state index in [4.69, 9.17) is 4.74 Å². The van der Waals surface area contributed by atoms with Crippen LogP contribution in [0.25, 0.3) is 0 Å². The summed E-state index contributed by atoms with van der Waals surface area (Å²) in [5.74, 6) is 0. The van der Waals surface area contributed by atoms with Crippen molar-refractivity contribution in [2.75, 3.05) is 19.6 Å². The van der Waals surface area contributed by atoms with Gasteiger partial charge in [-0.3, -0.25) is 0 Å². The molecule has 1 fully saturated rings. The predicted octanol–water partition coefficient (Wildman–Crippen LogP) is 7.07. The van der Waals surface area contributed by atoms with Gasteiger partial charge in [-0.25, -0.2) is 0 Å². The predicted molar refractivity (Wildman–Crippen MR) is 145 cm³/mol. The summed E-state index contributed by atoms with van der Waals surface area (Å²) in [6.45, 7) is 9.79. The molecule has 1 N–H and O–H groups in total. The quantitative estimate of drug-likeness (QED) is 0.362. The second kappa shape index (κ2) is 12.0. The number of piperidine rings is 1. The molecule has 1 saturated heterocycles. The Balaban J connectivity index is 1.23. The maximum Gasteiger partial charge on any atom is 0.108 e. The molecule has 0 spiro atoms. The Kier molecular flexibility index (Phi) is 8.78. The lowest BCUT2D eigenvalue weighted by Gasteiger charge is -2.34. The molecule has 0 aliphatic carbocycles. The zero-order chi connectivity index (χ0) is 24.7. The number of ether oxygens (including phenoxy) is 1. The molecular weight excluding hydrogens is 430 g/mol. The van der Waals surface area contributed by atoms with Crippen LogP contribution in [0.3, 0.4) is 0 Å². The number of hydrogen-bond acceptors (Lipinski definition) is 3. The van der Waals surface area contributed by atoms with Crippen molar-refractivity contribution in [2.24, 2.45) is 0 Å². The van der Waals surface area contributed by atoms with Gasteiger partial charge in [0.2, 0.25) is 0 Å². The Morgan fingerprint density at radius 3 is 1.86 bits per heavy atom. The van der Waals surface area contributed by atoms with Crippen molar-refractivity contribution in [3.8, 4) is 0 Å². The fraction of sp³-hybridized carbons (Fsp3) is 0.438. The van der Waals surface area contributed by atoms with E-state index < -0.39 is 0 Å². The molecule has 3 aromatic rings. The summed E-state index contributed by atoms with van der Waals surface area (Å²) in [5, 5.41) is 10.7. The Bertz CT molecular complexity index is 963. The topological polar surface area (TPSA) is 32.7 Å². The summed E-state index contributed by atoms with van der Waals surface area (Å²) in [6, 6.07) is 29.6. The molecule has 1 atom stereocenters. The maximum absolute atomic E-state index is 10.7. The average Bonchev–Trinajstić information content (AvgIpc) is 2.88. The summed E-state index contributed by atoms with van der Waals surface area (Å²) in [5.41, 5.74) is 4.90. The van der Waals surface area contributed by atoms with Crippen molar-refractivity contribution >= 4 is 0 Å². The standard InChI is InChI=1S/C32H41NO2/c1-32(2,3)28-18-16-25(17-19-28)30(34)15-10-22-33-23-20-29(21-24-33)35-31(26-11-6-4-7-12-26)27-13-8-5-9-14-27/h4-9,11-14,16-19,29-31,34H,10,15,20-24H2,1-3H3/t30-/m1/s1. The molecule has 3 aromatic carbocycles. The van der Waals surface area contributed by atoms with Gasteiger partial charge < -0.3 is 14.7 Å². The van der Waals surface area contributed by atoms with Gasteiger partial charge in [0.1, 0.15) is 6.10 Å². The van der Waals surface area contributed by atoms with Gasteiger partial charge in [-0.05, 0) is 59.9 Å². The van der Waals surface area contributed by atoms with Crippen LogP contribution in [-0.4, -0.2) is 35.7 Å². The van der Waals surface area contributed by atoms with Gasteiger partial charge in [0.05, 0.1) is 12.2 Å². The molecule has 3 nitrogen and oxygen atoms in total. The van der Waals surface area contributed by atoms with Crippen LogP contribution in [0.15, 0.2) is 84.9 Å². The summed E-state index contributed by atoms with van der Waals surface area (Å²) in [4.78, 5) is 2.52. The number of likely N-dealkylation sites (tertiary alicyclic amines) is 1. The molecule has 0 bridgehead atoms. The molecule has 1 aliphatic heterocycles. The van der Waals surface area contributed by atoms with E-state index in [1.54, 1.807) is 0 Å². The van der Waals surface area contributed by atoms with Gasteiger partial charge in [-0.15, -0.1) is 0 Å².